The van der Waals surface area contributed by atoms with Crippen molar-refractivity contribution in [3.8, 4) is 0 Å². The van der Waals surface area contributed by atoms with E-state index >= 15 is 0 Å². The van der Waals surface area contributed by atoms with Crippen molar-refractivity contribution in [2.24, 2.45) is 11.3 Å². The molecule has 1 nitrogen and oxygen atoms in total. The number of allylic oxidation sites excluding steroid dienone is 2. The van der Waals surface area contributed by atoms with E-state index in [1.54, 1.807) is 0 Å². The Kier molecular flexibility index (Phi) is 7.27. The van der Waals surface area contributed by atoms with Crippen molar-refractivity contribution in [3.05, 3.63) is 114 Å². The number of benzene rings is 3. The van der Waals surface area contributed by atoms with Gasteiger partial charge in [0, 0.05) is 5.92 Å². The van der Waals surface area contributed by atoms with E-state index in [0.29, 0.717) is 5.92 Å². The second-order valence-corrected chi connectivity index (χ2v) is 13.2. The van der Waals surface area contributed by atoms with E-state index in [1.807, 2.05) is 6.26 Å². The molecule has 0 spiro atoms. The molecule has 1 aliphatic heterocycles. The first-order chi connectivity index (χ1) is 15.6. The molecule has 1 atom stereocenters. The molecule has 1 heterocycles. The Hall–Kier alpha value is -2.15. The molecule has 33 heavy (non-hydrogen) atoms. The van der Waals surface area contributed by atoms with Gasteiger partial charge >= 0.3 is 0 Å². The smallest absolute Gasteiger partial charge is 0.112 e. The topological polar surface area (TPSA) is 9.23 Å². The molecule has 3 aromatic carbocycles. The van der Waals surface area contributed by atoms with Crippen LogP contribution in [0.25, 0.3) is 0 Å². The fourth-order valence-corrected chi connectivity index (χ4v) is 10.2. The van der Waals surface area contributed by atoms with Gasteiger partial charge in [-0.2, -0.15) is 0 Å². The first-order valence-electron chi connectivity index (χ1n) is 11.7. The maximum absolute atomic E-state index is 5.78. The van der Waals surface area contributed by atoms with Gasteiger partial charge in [0.1, 0.15) is 29.8 Å². The quantitative estimate of drug-likeness (QED) is 0.471. The standard InChI is InChI=1S/C30H32OP.BrH/c1-30(2)20-18-24(28-19-21-31-22-29(28)30)23-32(25-12-6-3-7-13-25,26-14-8-4-9-15-26)27-16-10-5-11-17-27;/h3-17,19,21,24H,18,20,22-23H2,1-2H3;1H/q+1;/p-1. The van der Waals surface area contributed by atoms with Crippen molar-refractivity contribution in [2.75, 3.05) is 12.8 Å². The van der Waals surface area contributed by atoms with E-state index in [9.17, 15) is 0 Å². The zero-order valence-corrected chi connectivity index (χ0v) is 21.9. The van der Waals surface area contributed by atoms with Crippen molar-refractivity contribution in [1.82, 2.24) is 0 Å². The molecule has 3 heteroatoms. The van der Waals surface area contributed by atoms with E-state index in [2.05, 4.69) is 111 Å². The van der Waals surface area contributed by atoms with Crippen LogP contribution in [0.3, 0.4) is 0 Å². The Balaban J connectivity index is 0.00000259. The van der Waals surface area contributed by atoms with Gasteiger partial charge in [-0.1, -0.05) is 68.4 Å². The summed E-state index contributed by atoms with van der Waals surface area (Å²) in [5.41, 5.74) is 3.24. The largest absolute Gasteiger partial charge is 1.00 e. The number of hydrogen-bond acceptors (Lipinski definition) is 1. The molecule has 0 fully saturated rings. The second-order valence-electron chi connectivity index (χ2n) is 9.67. The summed E-state index contributed by atoms with van der Waals surface area (Å²) in [6.07, 6.45) is 7.78. The summed E-state index contributed by atoms with van der Waals surface area (Å²) in [6, 6.07) is 33.8. The molecule has 2 aliphatic rings. The third-order valence-corrected chi connectivity index (χ3v) is 11.9. The van der Waals surface area contributed by atoms with Crippen LogP contribution < -0.4 is 32.9 Å². The monoisotopic (exact) mass is 518 g/mol. The summed E-state index contributed by atoms with van der Waals surface area (Å²) in [7, 11) is -1.84. The molecule has 0 aromatic heterocycles. The highest BCUT2D eigenvalue weighted by Gasteiger charge is 2.49. The molecule has 1 unspecified atom stereocenters. The Labute approximate surface area is 209 Å². The summed E-state index contributed by atoms with van der Waals surface area (Å²) in [4.78, 5) is 0. The van der Waals surface area contributed by atoms with Crippen LogP contribution in [0.1, 0.15) is 26.7 Å². The molecule has 170 valence electrons. The Morgan fingerprint density at radius 2 is 1.27 bits per heavy atom. The van der Waals surface area contributed by atoms with Gasteiger partial charge in [0.05, 0.1) is 12.4 Å². The first kappa shape index (κ1) is 24.0. The summed E-state index contributed by atoms with van der Waals surface area (Å²) in [5, 5.41) is 4.42. The average molecular weight is 519 g/mol. The molecule has 0 amide bonds. The van der Waals surface area contributed by atoms with Crippen molar-refractivity contribution in [2.45, 2.75) is 26.7 Å². The van der Waals surface area contributed by atoms with Crippen LogP contribution in [0.5, 0.6) is 0 Å². The van der Waals surface area contributed by atoms with Crippen LogP contribution in [0.2, 0.25) is 0 Å². The molecular weight excluding hydrogens is 487 g/mol. The van der Waals surface area contributed by atoms with Crippen LogP contribution >= 0.6 is 7.26 Å². The Bertz CT molecular complexity index is 1020. The molecule has 0 N–H and O–H groups in total. The zero-order valence-electron chi connectivity index (χ0n) is 19.5. The lowest BCUT2D eigenvalue weighted by Gasteiger charge is -2.41. The molecule has 5 rings (SSSR count). The molecule has 0 saturated heterocycles. The highest BCUT2D eigenvalue weighted by atomic mass is 79.9. The molecule has 3 aromatic rings. The van der Waals surface area contributed by atoms with E-state index in [-0.39, 0.29) is 22.4 Å². The maximum atomic E-state index is 5.78. The predicted octanol–water partition coefficient (Wildman–Crippen LogP) is 3.26. The molecule has 0 bridgehead atoms. The van der Waals surface area contributed by atoms with Crippen LogP contribution in [-0.4, -0.2) is 12.8 Å². The normalized spacial score (nSPS) is 19.3. The molecule has 1 aliphatic carbocycles. The molecule has 0 radical (unpaired) electrons. The van der Waals surface area contributed by atoms with Crippen molar-refractivity contribution < 1.29 is 21.7 Å². The van der Waals surface area contributed by atoms with Gasteiger partial charge in [-0.3, -0.25) is 0 Å². The van der Waals surface area contributed by atoms with Gasteiger partial charge in [0.25, 0.3) is 0 Å². The van der Waals surface area contributed by atoms with E-state index in [0.717, 1.165) is 12.8 Å². The van der Waals surface area contributed by atoms with Crippen molar-refractivity contribution in [3.63, 3.8) is 0 Å². The fourth-order valence-electron chi connectivity index (χ4n) is 5.58. The minimum Gasteiger partial charge on any atom is -1.00 e. The van der Waals surface area contributed by atoms with E-state index < -0.39 is 7.26 Å². The van der Waals surface area contributed by atoms with Gasteiger partial charge in [-0.25, -0.2) is 0 Å². The minimum atomic E-state index is -1.84. The third-order valence-electron chi connectivity index (χ3n) is 7.38. The highest BCUT2D eigenvalue weighted by Crippen LogP contribution is 2.59. The third kappa shape index (κ3) is 4.48. The highest BCUT2D eigenvalue weighted by molar-refractivity contribution is 7.95. The zero-order chi connectivity index (χ0) is 22.0. The van der Waals surface area contributed by atoms with Crippen LogP contribution in [0, 0.1) is 11.3 Å². The van der Waals surface area contributed by atoms with Crippen molar-refractivity contribution >= 4 is 23.2 Å². The van der Waals surface area contributed by atoms with Crippen molar-refractivity contribution in [1.29, 1.82) is 0 Å². The SMILES string of the molecule is CC1(C)CCC(C[P+](c2ccccc2)(c2ccccc2)c2ccccc2)C2=C1COC=C2.[Br-]. The Morgan fingerprint density at radius 1 is 0.788 bits per heavy atom. The predicted molar refractivity (Wildman–Crippen MR) is 139 cm³/mol. The lowest BCUT2D eigenvalue weighted by Crippen LogP contribution is -3.00. The van der Waals surface area contributed by atoms with Crippen LogP contribution in [-0.2, 0) is 4.74 Å². The lowest BCUT2D eigenvalue weighted by atomic mass is 9.69. The van der Waals surface area contributed by atoms with Crippen LogP contribution in [0.15, 0.2) is 114 Å². The summed E-state index contributed by atoms with van der Waals surface area (Å²) in [6.45, 7) is 5.51. The van der Waals surface area contributed by atoms with Crippen LogP contribution in [0.4, 0.5) is 0 Å². The first-order valence-corrected chi connectivity index (χ1v) is 13.7. The van der Waals surface area contributed by atoms with Gasteiger partial charge in [-0.05, 0) is 71.9 Å². The van der Waals surface area contributed by atoms with Gasteiger partial charge in [0.15, 0.2) is 0 Å². The number of halogens is 1. The van der Waals surface area contributed by atoms with E-state index in [1.165, 1.54) is 39.9 Å². The summed E-state index contributed by atoms with van der Waals surface area (Å²) >= 11 is 0. The van der Waals surface area contributed by atoms with Gasteiger partial charge < -0.3 is 21.7 Å². The molecule has 0 saturated carbocycles. The van der Waals surface area contributed by atoms with E-state index in [4.69, 9.17) is 4.74 Å². The summed E-state index contributed by atoms with van der Waals surface area (Å²) < 4.78 is 5.78. The van der Waals surface area contributed by atoms with Gasteiger partial charge in [0.2, 0.25) is 0 Å². The Morgan fingerprint density at radius 3 is 1.76 bits per heavy atom. The van der Waals surface area contributed by atoms with Gasteiger partial charge in [-0.15, -0.1) is 0 Å². The minimum absolute atomic E-state index is 0. The lowest BCUT2D eigenvalue weighted by molar-refractivity contribution is -0.00000715. The number of ether oxygens (including phenoxy) is 1. The average Bonchev–Trinajstić information content (AvgIpc) is 2.86. The summed E-state index contributed by atoms with van der Waals surface area (Å²) in [5.74, 6) is 0.534. The molecular formula is C30H32BrOP. The fraction of sp³-hybridized carbons (Fsp3) is 0.267. The maximum Gasteiger partial charge on any atom is 0.112 e. The number of rotatable bonds is 5. The second kappa shape index (κ2) is 10.00. The number of hydrogen-bond donors (Lipinski definition) is 0.